The van der Waals surface area contributed by atoms with Crippen LogP contribution in [0.4, 0.5) is 23.8 Å². The fraction of sp³-hybridized carbons (Fsp3) is 0.385. The van der Waals surface area contributed by atoms with Crippen molar-refractivity contribution >= 4 is 35.2 Å². The first-order valence-corrected chi connectivity index (χ1v) is 7.37. The van der Waals surface area contributed by atoms with Crippen LogP contribution in [0.2, 0.25) is 5.02 Å². The summed E-state index contributed by atoms with van der Waals surface area (Å²) in [6, 6.07) is 0.102. The Morgan fingerprint density at radius 2 is 2.20 bits per heavy atom. The number of nitrogens with zero attached hydrogens (tertiary/aromatic N) is 2. The van der Waals surface area contributed by atoms with Crippen molar-refractivity contribution in [1.29, 1.82) is 5.41 Å². The standard InChI is InChI=1S/C13H14ClF3N6O2/c14-8-3-6(13(15,16)17)4-21-10(8)20-1-2-23-5-7(9(18)19)11(24)22-12(23)25/h3-4,7H,1-2,5H2,(H3,18,19)(H,20,21)(H,22,24,25)/t7-/m0/s1. The second-order valence-corrected chi connectivity index (χ2v) is 5.63. The Balaban J connectivity index is 1.95. The fourth-order valence-corrected chi connectivity index (χ4v) is 2.36. The van der Waals surface area contributed by atoms with Gasteiger partial charge in [-0.1, -0.05) is 11.6 Å². The lowest BCUT2D eigenvalue weighted by atomic mass is 10.1. The topological polar surface area (TPSA) is 124 Å². The summed E-state index contributed by atoms with van der Waals surface area (Å²) in [5, 5.41) is 11.9. The van der Waals surface area contributed by atoms with E-state index in [1.165, 1.54) is 4.90 Å². The second kappa shape index (κ2) is 7.13. The third-order valence-electron chi connectivity index (χ3n) is 3.45. The molecule has 0 aromatic carbocycles. The van der Waals surface area contributed by atoms with E-state index in [0.717, 1.165) is 6.07 Å². The summed E-state index contributed by atoms with van der Waals surface area (Å²) in [4.78, 5) is 28.1. The van der Waals surface area contributed by atoms with Crippen molar-refractivity contribution in [2.75, 3.05) is 25.0 Å². The summed E-state index contributed by atoms with van der Waals surface area (Å²) in [7, 11) is 0. The molecule has 1 aromatic rings. The van der Waals surface area contributed by atoms with Crippen molar-refractivity contribution in [1.82, 2.24) is 15.2 Å². The molecule has 12 heteroatoms. The lowest BCUT2D eigenvalue weighted by molar-refractivity contribution is -0.137. The zero-order valence-corrected chi connectivity index (χ0v) is 13.4. The van der Waals surface area contributed by atoms with Gasteiger partial charge in [0.15, 0.2) is 0 Å². The predicted octanol–water partition coefficient (Wildman–Crippen LogP) is 1.27. The van der Waals surface area contributed by atoms with Gasteiger partial charge in [-0.05, 0) is 6.07 Å². The van der Waals surface area contributed by atoms with Gasteiger partial charge in [0.05, 0.1) is 10.6 Å². The number of aromatic nitrogens is 1. The first kappa shape index (κ1) is 18.8. The summed E-state index contributed by atoms with van der Waals surface area (Å²) in [6.07, 6.45) is -3.90. The lowest BCUT2D eigenvalue weighted by Gasteiger charge is -2.31. The highest BCUT2D eigenvalue weighted by atomic mass is 35.5. The molecule has 0 bridgehead atoms. The maximum absolute atomic E-state index is 12.5. The number of urea groups is 1. The van der Waals surface area contributed by atoms with Gasteiger partial charge >= 0.3 is 12.2 Å². The maximum Gasteiger partial charge on any atom is 0.417 e. The normalized spacial score (nSPS) is 18.1. The van der Waals surface area contributed by atoms with Crippen molar-refractivity contribution in [3.05, 3.63) is 22.8 Å². The number of carbonyl (C=O) groups excluding carboxylic acids is 2. The van der Waals surface area contributed by atoms with Crippen molar-refractivity contribution in [3.63, 3.8) is 0 Å². The number of pyridine rings is 1. The van der Waals surface area contributed by atoms with Gasteiger partial charge in [0, 0.05) is 25.8 Å². The minimum Gasteiger partial charge on any atom is -0.387 e. The Kier molecular flexibility index (Phi) is 5.36. The highest BCUT2D eigenvalue weighted by Gasteiger charge is 2.34. The van der Waals surface area contributed by atoms with Crippen LogP contribution in [0.1, 0.15) is 5.56 Å². The number of nitrogens with one attached hydrogen (secondary N) is 3. The molecule has 2 rings (SSSR count). The zero-order valence-electron chi connectivity index (χ0n) is 12.7. The number of rotatable bonds is 5. The maximum atomic E-state index is 12.5. The summed E-state index contributed by atoms with van der Waals surface area (Å²) in [5.74, 6) is -1.92. The summed E-state index contributed by atoms with van der Waals surface area (Å²) >= 11 is 5.76. The number of alkyl halides is 3. The van der Waals surface area contributed by atoms with E-state index >= 15 is 0 Å². The highest BCUT2D eigenvalue weighted by Crippen LogP contribution is 2.32. The molecule has 8 nitrogen and oxygen atoms in total. The number of amidine groups is 1. The van der Waals surface area contributed by atoms with Crippen molar-refractivity contribution in [3.8, 4) is 0 Å². The summed E-state index contributed by atoms with van der Waals surface area (Å²) in [6.45, 7) is 0.155. The number of imide groups is 1. The monoisotopic (exact) mass is 378 g/mol. The Morgan fingerprint density at radius 3 is 2.76 bits per heavy atom. The van der Waals surface area contributed by atoms with E-state index in [4.69, 9.17) is 22.7 Å². The van der Waals surface area contributed by atoms with Gasteiger partial charge < -0.3 is 16.0 Å². The molecule has 0 aliphatic carbocycles. The van der Waals surface area contributed by atoms with Gasteiger partial charge in [-0.15, -0.1) is 0 Å². The number of hydrogen-bond donors (Lipinski definition) is 4. The molecule has 25 heavy (non-hydrogen) atoms. The largest absolute Gasteiger partial charge is 0.417 e. The van der Waals surface area contributed by atoms with Crippen LogP contribution in [-0.2, 0) is 11.0 Å². The lowest BCUT2D eigenvalue weighted by Crippen LogP contribution is -2.58. The van der Waals surface area contributed by atoms with Crippen molar-refractivity contribution in [2.45, 2.75) is 6.18 Å². The van der Waals surface area contributed by atoms with Crippen LogP contribution in [0.3, 0.4) is 0 Å². The van der Waals surface area contributed by atoms with Crippen LogP contribution in [0.15, 0.2) is 12.3 Å². The first-order valence-electron chi connectivity index (χ1n) is 7.00. The van der Waals surface area contributed by atoms with E-state index in [2.05, 4.69) is 15.6 Å². The van der Waals surface area contributed by atoms with E-state index in [1.54, 1.807) is 0 Å². The average molecular weight is 379 g/mol. The smallest absolute Gasteiger partial charge is 0.387 e. The zero-order chi connectivity index (χ0) is 18.8. The molecular formula is C13H14ClF3N6O2. The molecule has 1 saturated heterocycles. The fourth-order valence-electron chi connectivity index (χ4n) is 2.12. The third kappa shape index (κ3) is 4.50. The molecule has 0 saturated carbocycles. The van der Waals surface area contributed by atoms with Gasteiger partial charge in [-0.2, -0.15) is 13.2 Å². The molecule has 1 atom stereocenters. The minimum absolute atomic E-state index is 0.0336. The SMILES string of the molecule is N=C(N)[C@@H]1CN(CCNc2ncc(C(F)(F)F)cc2Cl)C(=O)NC1=O. The van der Waals surface area contributed by atoms with Gasteiger partial charge in [-0.3, -0.25) is 15.5 Å². The molecular weight excluding hydrogens is 365 g/mol. The molecule has 0 unspecified atom stereocenters. The molecule has 2 heterocycles. The van der Waals surface area contributed by atoms with E-state index in [9.17, 15) is 22.8 Å². The van der Waals surface area contributed by atoms with E-state index in [-0.39, 0.29) is 36.3 Å². The van der Waals surface area contributed by atoms with Crippen LogP contribution < -0.4 is 16.4 Å². The van der Waals surface area contributed by atoms with Crippen LogP contribution >= 0.6 is 11.6 Å². The van der Waals surface area contributed by atoms with E-state index in [1.807, 2.05) is 0 Å². The number of carbonyl (C=O) groups is 2. The van der Waals surface area contributed by atoms with Gasteiger partial charge in [0.1, 0.15) is 17.6 Å². The van der Waals surface area contributed by atoms with Crippen LogP contribution in [0, 0.1) is 11.3 Å². The number of nitrogens with two attached hydrogens (primary N) is 1. The first-order chi connectivity index (χ1) is 11.6. The number of halogens is 4. The molecule has 1 aliphatic rings. The molecule has 1 aliphatic heterocycles. The molecule has 3 amide bonds. The molecule has 0 spiro atoms. The quantitative estimate of drug-likeness (QED) is 0.453. The van der Waals surface area contributed by atoms with E-state index in [0.29, 0.717) is 6.20 Å². The summed E-state index contributed by atoms with van der Waals surface area (Å²) < 4.78 is 37.6. The molecule has 0 radical (unpaired) electrons. The average Bonchev–Trinajstić information content (AvgIpc) is 2.49. The van der Waals surface area contributed by atoms with Gasteiger partial charge in [-0.25, -0.2) is 9.78 Å². The Hall–Kier alpha value is -2.56. The van der Waals surface area contributed by atoms with Gasteiger partial charge in [0.2, 0.25) is 5.91 Å². The second-order valence-electron chi connectivity index (χ2n) is 5.23. The van der Waals surface area contributed by atoms with Crippen LogP contribution in [0.25, 0.3) is 0 Å². The predicted molar refractivity (Wildman–Crippen MR) is 83.3 cm³/mol. The van der Waals surface area contributed by atoms with Crippen molar-refractivity contribution in [2.24, 2.45) is 11.7 Å². The Morgan fingerprint density at radius 1 is 1.52 bits per heavy atom. The van der Waals surface area contributed by atoms with Gasteiger partial charge in [0.25, 0.3) is 0 Å². The number of hydrogen-bond acceptors (Lipinski definition) is 5. The molecule has 5 N–H and O–H groups in total. The highest BCUT2D eigenvalue weighted by molar-refractivity contribution is 6.32. The Labute approximate surface area is 145 Å². The number of amides is 3. The van der Waals surface area contributed by atoms with Crippen molar-refractivity contribution < 1.29 is 22.8 Å². The molecule has 136 valence electrons. The number of anilines is 1. The minimum atomic E-state index is -4.55. The van der Waals surface area contributed by atoms with E-state index < -0.39 is 29.6 Å². The molecule has 1 fully saturated rings. The third-order valence-corrected chi connectivity index (χ3v) is 3.74. The van der Waals surface area contributed by atoms with Crippen LogP contribution in [0.5, 0.6) is 0 Å². The summed E-state index contributed by atoms with van der Waals surface area (Å²) in [5.41, 5.74) is 4.33. The van der Waals surface area contributed by atoms with Crippen LogP contribution in [-0.4, -0.2) is 47.3 Å². The Bertz CT molecular complexity index is 711. The molecule has 1 aromatic heterocycles.